The van der Waals surface area contributed by atoms with Gasteiger partial charge in [0.15, 0.2) is 0 Å². The third-order valence-electron chi connectivity index (χ3n) is 4.45. The van der Waals surface area contributed by atoms with Gasteiger partial charge in [-0.3, -0.25) is 9.78 Å². The molecule has 0 aromatic carbocycles. The number of nitrogens with zero attached hydrogens (tertiary/aromatic N) is 1. The zero-order chi connectivity index (χ0) is 12.5. The van der Waals surface area contributed by atoms with E-state index < -0.39 is 0 Å². The molecular weight excluding hydrogens is 228 g/mol. The molecule has 1 aromatic heterocycles. The van der Waals surface area contributed by atoms with Crippen LogP contribution < -0.4 is 5.32 Å². The highest BCUT2D eigenvalue weighted by atomic mass is 16.3. The summed E-state index contributed by atoms with van der Waals surface area (Å²) < 4.78 is 0. The zero-order valence-electron chi connectivity index (χ0n) is 10.3. The molecule has 1 aromatic rings. The van der Waals surface area contributed by atoms with Gasteiger partial charge in [0.25, 0.3) is 5.91 Å². The first-order chi connectivity index (χ1) is 8.74. The Bertz CT molecular complexity index is 461. The topological polar surface area (TPSA) is 62.2 Å². The number of nitrogens with one attached hydrogen (secondary N) is 1. The number of pyridine rings is 1. The molecule has 3 atom stereocenters. The van der Waals surface area contributed by atoms with Crippen LogP contribution in [0, 0.1) is 17.8 Å². The van der Waals surface area contributed by atoms with Gasteiger partial charge in [-0.05, 0) is 43.1 Å². The Morgan fingerprint density at radius 3 is 3.00 bits per heavy atom. The first-order valence-corrected chi connectivity index (χ1v) is 6.65. The lowest BCUT2D eigenvalue weighted by molar-refractivity contribution is 0.0939. The second kappa shape index (κ2) is 4.59. The molecule has 4 nitrogen and oxygen atoms in total. The normalized spacial score (nSPS) is 29.4. The van der Waals surface area contributed by atoms with Crippen molar-refractivity contribution in [3.8, 4) is 5.75 Å². The van der Waals surface area contributed by atoms with Crippen LogP contribution in [0.4, 0.5) is 0 Å². The standard InChI is InChI=1S/C14H18N2O2/c17-13-8-15-4-3-12(13)14(18)16-7-11-6-9-1-2-10(11)5-9/h3-4,8-11,17H,1-2,5-7H2,(H,16,18). The van der Waals surface area contributed by atoms with Crippen molar-refractivity contribution in [3.05, 3.63) is 24.0 Å². The first-order valence-electron chi connectivity index (χ1n) is 6.65. The van der Waals surface area contributed by atoms with Crippen LogP contribution in [0.1, 0.15) is 36.0 Å². The maximum absolute atomic E-state index is 11.9. The molecule has 1 heterocycles. The van der Waals surface area contributed by atoms with Crippen LogP contribution >= 0.6 is 0 Å². The Balaban J connectivity index is 1.57. The third kappa shape index (κ3) is 2.07. The molecule has 0 radical (unpaired) electrons. The van der Waals surface area contributed by atoms with Gasteiger partial charge in [0, 0.05) is 12.7 Å². The lowest BCUT2D eigenvalue weighted by Gasteiger charge is -2.21. The molecule has 96 valence electrons. The highest BCUT2D eigenvalue weighted by Crippen LogP contribution is 2.47. The number of amides is 1. The summed E-state index contributed by atoms with van der Waals surface area (Å²) in [4.78, 5) is 15.7. The Kier molecular flexibility index (Phi) is 2.94. The molecule has 0 saturated heterocycles. The molecule has 2 N–H and O–H groups in total. The maximum Gasteiger partial charge on any atom is 0.255 e. The van der Waals surface area contributed by atoms with E-state index in [0.29, 0.717) is 11.5 Å². The number of fused-ring (bicyclic) bond motifs is 2. The molecule has 1 amide bonds. The number of carbonyl (C=O) groups excluding carboxylic acids is 1. The molecule has 3 unspecified atom stereocenters. The van der Waals surface area contributed by atoms with Crippen molar-refractivity contribution in [1.82, 2.24) is 10.3 Å². The SMILES string of the molecule is O=C(NCC1CC2CCC1C2)c1ccncc1O. The Morgan fingerprint density at radius 1 is 1.44 bits per heavy atom. The van der Waals surface area contributed by atoms with Crippen LogP contribution in [0.5, 0.6) is 5.75 Å². The van der Waals surface area contributed by atoms with E-state index in [2.05, 4.69) is 10.3 Å². The zero-order valence-corrected chi connectivity index (χ0v) is 10.3. The van der Waals surface area contributed by atoms with Crippen molar-refractivity contribution in [1.29, 1.82) is 0 Å². The van der Waals surface area contributed by atoms with E-state index in [-0.39, 0.29) is 11.7 Å². The number of hydrogen-bond acceptors (Lipinski definition) is 3. The highest BCUT2D eigenvalue weighted by molar-refractivity contribution is 5.96. The fraction of sp³-hybridized carbons (Fsp3) is 0.571. The largest absolute Gasteiger partial charge is 0.505 e. The van der Waals surface area contributed by atoms with Crippen molar-refractivity contribution in [2.45, 2.75) is 25.7 Å². The predicted octanol–water partition coefficient (Wildman–Crippen LogP) is 1.95. The van der Waals surface area contributed by atoms with Crippen LogP contribution in [0.3, 0.4) is 0 Å². The van der Waals surface area contributed by atoms with E-state index in [1.807, 2.05) is 0 Å². The van der Waals surface area contributed by atoms with Gasteiger partial charge in [-0.15, -0.1) is 0 Å². The minimum Gasteiger partial charge on any atom is -0.505 e. The third-order valence-corrected chi connectivity index (χ3v) is 4.45. The fourth-order valence-electron chi connectivity index (χ4n) is 3.52. The minimum absolute atomic E-state index is 0.0528. The van der Waals surface area contributed by atoms with Crippen molar-refractivity contribution in [3.63, 3.8) is 0 Å². The second-order valence-electron chi connectivity index (χ2n) is 5.54. The quantitative estimate of drug-likeness (QED) is 0.857. The molecule has 2 aliphatic carbocycles. The van der Waals surface area contributed by atoms with Crippen LogP contribution in [0.25, 0.3) is 0 Å². The van der Waals surface area contributed by atoms with Crippen LogP contribution in [-0.2, 0) is 0 Å². The molecule has 2 saturated carbocycles. The number of aromatic nitrogens is 1. The van der Waals surface area contributed by atoms with Gasteiger partial charge in [-0.1, -0.05) is 6.42 Å². The van der Waals surface area contributed by atoms with Gasteiger partial charge in [0.2, 0.25) is 0 Å². The smallest absolute Gasteiger partial charge is 0.255 e. The molecule has 3 rings (SSSR count). The Labute approximate surface area is 106 Å². The molecular formula is C14H18N2O2. The lowest BCUT2D eigenvalue weighted by atomic mass is 9.89. The predicted molar refractivity (Wildman–Crippen MR) is 67.2 cm³/mol. The van der Waals surface area contributed by atoms with E-state index in [4.69, 9.17) is 0 Å². The number of hydrogen-bond donors (Lipinski definition) is 2. The van der Waals surface area contributed by atoms with E-state index in [0.717, 1.165) is 18.4 Å². The summed E-state index contributed by atoms with van der Waals surface area (Å²) >= 11 is 0. The van der Waals surface area contributed by atoms with E-state index in [1.165, 1.54) is 38.1 Å². The van der Waals surface area contributed by atoms with Gasteiger partial charge < -0.3 is 10.4 Å². The summed E-state index contributed by atoms with van der Waals surface area (Å²) in [6.07, 6.45) is 8.12. The lowest BCUT2D eigenvalue weighted by Crippen LogP contribution is -2.31. The average molecular weight is 246 g/mol. The van der Waals surface area contributed by atoms with Gasteiger partial charge in [-0.25, -0.2) is 0 Å². The highest BCUT2D eigenvalue weighted by Gasteiger charge is 2.39. The monoisotopic (exact) mass is 246 g/mol. The summed E-state index contributed by atoms with van der Waals surface area (Å²) in [7, 11) is 0. The summed E-state index contributed by atoms with van der Waals surface area (Å²) in [5.74, 6) is 2.09. The van der Waals surface area contributed by atoms with Gasteiger partial charge >= 0.3 is 0 Å². The summed E-state index contributed by atoms with van der Waals surface area (Å²) in [5, 5.41) is 12.5. The molecule has 18 heavy (non-hydrogen) atoms. The van der Waals surface area contributed by atoms with Gasteiger partial charge in [0.05, 0.1) is 11.8 Å². The second-order valence-corrected chi connectivity index (χ2v) is 5.54. The summed E-state index contributed by atoms with van der Waals surface area (Å²) in [6, 6.07) is 1.55. The molecule has 2 aliphatic rings. The average Bonchev–Trinajstić information content (AvgIpc) is 2.98. The number of carbonyl (C=O) groups is 1. The minimum atomic E-state index is -0.197. The Morgan fingerprint density at radius 2 is 2.33 bits per heavy atom. The Hall–Kier alpha value is -1.58. The van der Waals surface area contributed by atoms with Crippen LogP contribution in [0.15, 0.2) is 18.5 Å². The van der Waals surface area contributed by atoms with Gasteiger partial charge in [-0.2, -0.15) is 0 Å². The van der Waals surface area contributed by atoms with E-state index >= 15 is 0 Å². The molecule has 4 heteroatoms. The number of rotatable bonds is 3. The summed E-state index contributed by atoms with van der Waals surface area (Å²) in [5.41, 5.74) is 0.313. The van der Waals surface area contributed by atoms with Crippen LogP contribution in [-0.4, -0.2) is 22.5 Å². The van der Waals surface area contributed by atoms with Crippen molar-refractivity contribution in [2.75, 3.05) is 6.54 Å². The molecule has 2 fully saturated rings. The molecule has 2 bridgehead atoms. The van der Waals surface area contributed by atoms with Crippen LogP contribution in [0.2, 0.25) is 0 Å². The number of aromatic hydroxyl groups is 1. The first kappa shape index (κ1) is 11.5. The van der Waals surface area contributed by atoms with Crippen molar-refractivity contribution < 1.29 is 9.90 Å². The summed E-state index contributed by atoms with van der Waals surface area (Å²) in [6.45, 7) is 0.738. The maximum atomic E-state index is 11.9. The van der Waals surface area contributed by atoms with Crippen molar-refractivity contribution in [2.24, 2.45) is 17.8 Å². The van der Waals surface area contributed by atoms with E-state index in [1.54, 1.807) is 6.07 Å². The molecule has 0 aliphatic heterocycles. The van der Waals surface area contributed by atoms with Gasteiger partial charge in [0.1, 0.15) is 5.75 Å². The van der Waals surface area contributed by atoms with Crippen molar-refractivity contribution >= 4 is 5.91 Å². The fourth-order valence-corrected chi connectivity index (χ4v) is 3.52. The molecule has 0 spiro atoms. The van der Waals surface area contributed by atoms with E-state index in [9.17, 15) is 9.90 Å².